The molecule has 0 N–H and O–H groups in total. The summed E-state index contributed by atoms with van der Waals surface area (Å²) in [6.45, 7) is 3.61. The lowest BCUT2D eigenvalue weighted by molar-refractivity contribution is 0.386. The van der Waals surface area contributed by atoms with E-state index in [1.165, 1.54) is 7.11 Å². The Balaban J connectivity index is 3.29. The molecule has 1 aromatic heterocycles. The molecule has 0 fully saturated rings. The first-order valence-corrected chi connectivity index (χ1v) is 4.51. The number of pyridine rings is 1. The van der Waals surface area contributed by atoms with E-state index in [1.54, 1.807) is 26.0 Å². The van der Waals surface area contributed by atoms with E-state index in [0.29, 0.717) is 11.0 Å². The van der Waals surface area contributed by atoms with Crippen molar-refractivity contribution in [3.63, 3.8) is 0 Å². The van der Waals surface area contributed by atoms with Crippen molar-refractivity contribution in [1.82, 2.24) is 4.98 Å². The molecule has 0 amide bonds. The monoisotopic (exact) mass is 210 g/mol. The van der Waals surface area contributed by atoms with E-state index in [1.807, 2.05) is 0 Å². The SMILES string of the molecule is COc1nc(Cl)ccc1C(C)(C)C#N. The summed E-state index contributed by atoms with van der Waals surface area (Å²) in [6.07, 6.45) is 0. The largest absolute Gasteiger partial charge is 0.481 e. The quantitative estimate of drug-likeness (QED) is 0.705. The highest BCUT2D eigenvalue weighted by Crippen LogP contribution is 2.30. The fourth-order valence-electron chi connectivity index (χ4n) is 1.11. The minimum atomic E-state index is -0.622. The lowest BCUT2D eigenvalue weighted by atomic mass is 9.87. The van der Waals surface area contributed by atoms with Crippen LogP contribution in [0.3, 0.4) is 0 Å². The van der Waals surface area contributed by atoms with Gasteiger partial charge in [-0.15, -0.1) is 0 Å². The Bertz CT molecular complexity index is 382. The van der Waals surface area contributed by atoms with Crippen LogP contribution in [0.2, 0.25) is 5.15 Å². The lowest BCUT2D eigenvalue weighted by Gasteiger charge is -2.17. The first kappa shape index (κ1) is 10.8. The fraction of sp³-hybridized carbons (Fsp3) is 0.400. The zero-order chi connectivity index (χ0) is 10.8. The highest BCUT2D eigenvalue weighted by atomic mass is 35.5. The normalized spacial score (nSPS) is 10.8. The van der Waals surface area contributed by atoms with Gasteiger partial charge in [-0.2, -0.15) is 5.26 Å². The third kappa shape index (κ3) is 1.97. The number of hydrogen-bond acceptors (Lipinski definition) is 3. The molecule has 0 spiro atoms. The number of nitrogens with zero attached hydrogens (tertiary/aromatic N) is 2. The lowest BCUT2D eigenvalue weighted by Crippen LogP contribution is -2.15. The molecule has 0 aliphatic carbocycles. The molecule has 0 unspecified atom stereocenters. The molecule has 0 aliphatic rings. The van der Waals surface area contributed by atoms with Crippen LogP contribution in [-0.4, -0.2) is 12.1 Å². The molecule has 0 radical (unpaired) electrons. The molecule has 0 atom stereocenters. The van der Waals surface area contributed by atoms with Gasteiger partial charge in [0.1, 0.15) is 5.15 Å². The summed E-state index contributed by atoms with van der Waals surface area (Å²) in [4.78, 5) is 4.00. The van der Waals surface area contributed by atoms with Gasteiger partial charge in [0.2, 0.25) is 5.88 Å². The van der Waals surface area contributed by atoms with Gasteiger partial charge in [0, 0.05) is 5.56 Å². The maximum atomic E-state index is 8.97. The Morgan fingerprint density at radius 3 is 2.64 bits per heavy atom. The summed E-state index contributed by atoms with van der Waals surface area (Å²) in [5.74, 6) is 0.407. The van der Waals surface area contributed by atoms with Gasteiger partial charge < -0.3 is 4.74 Å². The Kier molecular flexibility index (Phi) is 2.97. The molecule has 3 nitrogen and oxygen atoms in total. The first-order valence-electron chi connectivity index (χ1n) is 4.13. The Hall–Kier alpha value is -1.27. The molecule has 4 heteroatoms. The van der Waals surface area contributed by atoms with E-state index in [2.05, 4.69) is 11.1 Å². The van der Waals surface area contributed by atoms with Gasteiger partial charge in [-0.3, -0.25) is 0 Å². The molecule has 1 rings (SSSR count). The van der Waals surface area contributed by atoms with Gasteiger partial charge in [-0.25, -0.2) is 4.98 Å². The topological polar surface area (TPSA) is 45.9 Å². The third-order valence-electron chi connectivity index (χ3n) is 1.97. The summed E-state index contributed by atoms with van der Waals surface area (Å²) in [7, 11) is 1.51. The van der Waals surface area contributed by atoms with Gasteiger partial charge in [0.05, 0.1) is 18.6 Å². The number of rotatable bonds is 2. The molecule has 0 saturated carbocycles. The molecular formula is C10H11ClN2O. The van der Waals surface area contributed by atoms with Gasteiger partial charge in [0.25, 0.3) is 0 Å². The van der Waals surface area contributed by atoms with Crippen LogP contribution in [0.1, 0.15) is 19.4 Å². The predicted molar refractivity (Wildman–Crippen MR) is 54.4 cm³/mol. The van der Waals surface area contributed by atoms with Crippen molar-refractivity contribution in [3.05, 3.63) is 22.8 Å². The number of nitriles is 1. The molecule has 0 saturated heterocycles. The minimum Gasteiger partial charge on any atom is -0.481 e. The number of ether oxygens (including phenoxy) is 1. The van der Waals surface area contributed by atoms with Crippen LogP contribution in [0.25, 0.3) is 0 Å². The van der Waals surface area contributed by atoms with Crippen molar-refractivity contribution in [1.29, 1.82) is 5.26 Å². The standard InChI is InChI=1S/C10H11ClN2O/c1-10(2,6-12)7-4-5-8(11)13-9(7)14-3/h4-5H,1-3H3. The van der Waals surface area contributed by atoms with Crippen LogP contribution in [0.4, 0.5) is 0 Å². The maximum Gasteiger partial charge on any atom is 0.219 e. The Morgan fingerprint density at radius 2 is 2.14 bits per heavy atom. The summed E-state index contributed by atoms with van der Waals surface area (Å²) in [5.41, 5.74) is 0.120. The van der Waals surface area contributed by atoms with Crippen molar-refractivity contribution < 1.29 is 4.74 Å². The third-order valence-corrected chi connectivity index (χ3v) is 2.18. The molecule has 14 heavy (non-hydrogen) atoms. The number of methoxy groups -OCH3 is 1. The van der Waals surface area contributed by atoms with E-state index in [0.717, 1.165) is 5.56 Å². The van der Waals surface area contributed by atoms with Gasteiger partial charge in [-0.1, -0.05) is 11.6 Å². The van der Waals surface area contributed by atoms with Crippen molar-refractivity contribution in [2.45, 2.75) is 19.3 Å². The van der Waals surface area contributed by atoms with Crippen molar-refractivity contribution in [2.24, 2.45) is 0 Å². The van der Waals surface area contributed by atoms with E-state index in [9.17, 15) is 0 Å². The highest BCUT2D eigenvalue weighted by Gasteiger charge is 2.24. The van der Waals surface area contributed by atoms with Crippen molar-refractivity contribution in [3.8, 4) is 11.9 Å². The second-order valence-corrected chi connectivity index (χ2v) is 3.81. The van der Waals surface area contributed by atoms with Crippen LogP contribution in [0.15, 0.2) is 12.1 Å². The molecule has 74 valence electrons. The number of aromatic nitrogens is 1. The fourth-order valence-corrected chi connectivity index (χ4v) is 1.25. The average Bonchev–Trinajstić information content (AvgIpc) is 2.17. The Labute approximate surface area is 88.3 Å². The van der Waals surface area contributed by atoms with E-state index < -0.39 is 5.41 Å². The van der Waals surface area contributed by atoms with Crippen LogP contribution in [0.5, 0.6) is 5.88 Å². The van der Waals surface area contributed by atoms with Crippen molar-refractivity contribution >= 4 is 11.6 Å². The van der Waals surface area contributed by atoms with E-state index in [4.69, 9.17) is 21.6 Å². The smallest absolute Gasteiger partial charge is 0.219 e. The van der Waals surface area contributed by atoms with E-state index in [-0.39, 0.29) is 0 Å². The highest BCUT2D eigenvalue weighted by molar-refractivity contribution is 6.29. The van der Waals surface area contributed by atoms with Crippen molar-refractivity contribution in [2.75, 3.05) is 7.11 Å². The summed E-state index contributed by atoms with van der Waals surface area (Å²) in [6, 6.07) is 5.60. The van der Waals surface area contributed by atoms with Gasteiger partial charge in [0.15, 0.2) is 0 Å². The second kappa shape index (κ2) is 3.85. The predicted octanol–water partition coefficient (Wildman–Crippen LogP) is 2.54. The minimum absolute atomic E-state index is 0.360. The molecular weight excluding hydrogens is 200 g/mol. The van der Waals surface area contributed by atoms with Gasteiger partial charge >= 0.3 is 0 Å². The molecule has 1 heterocycles. The van der Waals surface area contributed by atoms with Crippen LogP contribution in [0, 0.1) is 11.3 Å². The number of halogens is 1. The van der Waals surface area contributed by atoms with E-state index >= 15 is 0 Å². The molecule has 0 bridgehead atoms. The summed E-state index contributed by atoms with van der Waals surface area (Å²) >= 11 is 5.71. The number of hydrogen-bond donors (Lipinski definition) is 0. The molecule has 1 aromatic rings. The first-order chi connectivity index (χ1) is 6.51. The summed E-state index contributed by atoms with van der Waals surface area (Å²) < 4.78 is 5.07. The van der Waals surface area contributed by atoms with Crippen LogP contribution < -0.4 is 4.74 Å². The zero-order valence-electron chi connectivity index (χ0n) is 8.34. The molecule has 0 aliphatic heterocycles. The Morgan fingerprint density at radius 1 is 1.50 bits per heavy atom. The van der Waals surface area contributed by atoms with Gasteiger partial charge in [-0.05, 0) is 26.0 Å². The second-order valence-electron chi connectivity index (χ2n) is 3.43. The molecule has 0 aromatic carbocycles. The zero-order valence-corrected chi connectivity index (χ0v) is 9.09. The van der Waals surface area contributed by atoms with Crippen LogP contribution in [-0.2, 0) is 5.41 Å². The van der Waals surface area contributed by atoms with Crippen LogP contribution >= 0.6 is 11.6 Å². The average molecular weight is 211 g/mol. The summed E-state index contributed by atoms with van der Waals surface area (Å²) in [5, 5.41) is 9.33. The maximum absolute atomic E-state index is 8.97.